The van der Waals surface area contributed by atoms with Crippen molar-refractivity contribution in [3.05, 3.63) is 59.2 Å². The van der Waals surface area contributed by atoms with Crippen molar-refractivity contribution in [2.45, 2.75) is 33.2 Å². The first kappa shape index (κ1) is 21.8. The van der Waals surface area contributed by atoms with Crippen LogP contribution in [0.15, 0.2) is 42.5 Å². The van der Waals surface area contributed by atoms with Crippen molar-refractivity contribution in [2.75, 3.05) is 24.2 Å². The van der Waals surface area contributed by atoms with Crippen LogP contribution in [-0.2, 0) is 14.8 Å². The maximum Gasteiger partial charge on any atom is 0.241 e. The highest BCUT2D eigenvalue weighted by molar-refractivity contribution is 7.92. The lowest BCUT2D eigenvalue weighted by atomic mass is 9.99. The van der Waals surface area contributed by atoms with Gasteiger partial charge in [-0.15, -0.1) is 0 Å². The van der Waals surface area contributed by atoms with Crippen LogP contribution in [0.2, 0.25) is 0 Å². The summed E-state index contributed by atoms with van der Waals surface area (Å²) < 4.78 is 31.0. The number of amides is 1. The van der Waals surface area contributed by atoms with Gasteiger partial charge in [0.05, 0.1) is 25.1 Å². The van der Waals surface area contributed by atoms with Gasteiger partial charge >= 0.3 is 0 Å². The van der Waals surface area contributed by atoms with E-state index in [9.17, 15) is 13.2 Å². The van der Waals surface area contributed by atoms with E-state index in [-0.39, 0.29) is 18.5 Å². The van der Waals surface area contributed by atoms with Crippen LogP contribution in [0.5, 0.6) is 5.75 Å². The molecule has 2 aromatic rings. The van der Waals surface area contributed by atoms with Crippen LogP contribution in [0.1, 0.15) is 36.1 Å². The summed E-state index contributed by atoms with van der Waals surface area (Å²) in [6.07, 6.45) is 1.77. The van der Waals surface area contributed by atoms with Crippen molar-refractivity contribution in [2.24, 2.45) is 0 Å². The normalized spacial score (nSPS) is 12.3. The van der Waals surface area contributed by atoms with Gasteiger partial charge in [-0.1, -0.05) is 37.3 Å². The summed E-state index contributed by atoms with van der Waals surface area (Å²) in [5.74, 6) is 0.0170. The summed E-state index contributed by atoms with van der Waals surface area (Å²) in [4.78, 5) is 12.7. The minimum absolute atomic E-state index is 0.189. The molecule has 1 unspecified atom stereocenters. The summed E-state index contributed by atoms with van der Waals surface area (Å²) in [6.45, 7) is 5.73. The Labute approximate surface area is 167 Å². The molecule has 7 heteroatoms. The fourth-order valence-electron chi connectivity index (χ4n) is 2.99. The third-order valence-corrected chi connectivity index (χ3v) is 5.84. The van der Waals surface area contributed by atoms with E-state index in [2.05, 4.69) is 11.4 Å². The monoisotopic (exact) mass is 404 g/mol. The number of hydrogen-bond acceptors (Lipinski definition) is 4. The van der Waals surface area contributed by atoms with Crippen molar-refractivity contribution in [1.29, 1.82) is 0 Å². The van der Waals surface area contributed by atoms with Crippen molar-refractivity contribution < 1.29 is 17.9 Å². The van der Waals surface area contributed by atoms with Gasteiger partial charge in [-0.05, 0) is 49.1 Å². The number of hydrogen-bond donors (Lipinski definition) is 1. The molecule has 0 heterocycles. The van der Waals surface area contributed by atoms with Crippen LogP contribution in [-0.4, -0.2) is 34.2 Å². The fourth-order valence-corrected chi connectivity index (χ4v) is 3.85. The van der Waals surface area contributed by atoms with E-state index in [1.165, 1.54) is 12.7 Å². The lowest BCUT2D eigenvalue weighted by Crippen LogP contribution is -2.41. The third-order valence-electron chi connectivity index (χ3n) is 4.72. The number of nitrogens with one attached hydrogen (secondary N) is 1. The van der Waals surface area contributed by atoms with Gasteiger partial charge in [0.2, 0.25) is 15.9 Å². The number of anilines is 1. The second-order valence-corrected chi connectivity index (χ2v) is 8.72. The molecule has 28 heavy (non-hydrogen) atoms. The Balaban J connectivity index is 2.24. The van der Waals surface area contributed by atoms with E-state index in [0.717, 1.165) is 21.7 Å². The summed E-state index contributed by atoms with van der Waals surface area (Å²) in [6, 6.07) is 12.6. The highest BCUT2D eigenvalue weighted by Gasteiger charge is 2.25. The van der Waals surface area contributed by atoms with E-state index >= 15 is 0 Å². The summed E-state index contributed by atoms with van der Waals surface area (Å²) in [5, 5.41) is 2.95. The molecular weight excluding hydrogens is 376 g/mol. The van der Waals surface area contributed by atoms with E-state index in [1.54, 1.807) is 24.3 Å². The maximum absolute atomic E-state index is 12.7. The van der Waals surface area contributed by atoms with Gasteiger partial charge in [-0.25, -0.2) is 8.42 Å². The summed E-state index contributed by atoms with van der Waals surface area (Å²) in [5.41, 5.74) is 3.67. The van der Waals surface area contributed by atoms with Crippen molar-refractivity contribution in [1.82, 2.24) is 5.32 Å². The van der Waals surface area contributed by atoms with Gasteiger partial charge < -0.3 is 10.1 Å². The molecule has 0 aliphatic rings. The Morgan fingerprint density at radius 1 is 1.14 bits per heavy atom. The van der Waals surface area contributed by atoms with Crippen molar-refractivity contribution >= 4 is 21.6 Å². The fraction of sp³-hybridized carbons (Fsp3) is 0.381. The first-order chi connectivity index (χ1) is 13.2. The molecule has 0 saturated heterocycles. The third kappa shape index (κ3) is 5.25. The Hall–Kier alpha value is -2.54. The second kappa shape index (κ2) is 9.10. The molecule has 0 aliphatic carbocycles. The van der Waals surface area contributed by atoms with Crippen LogP contribution >= 0.6 is 0 Å². The number of rotatable bonds is 8. The zero-order valence-corrected chi connectivity index (χ0v) is 17.8. The molecule has 6 nitrogen and oxygen atoms in total. The van der Waals surface area contributed by atoms with E-state index in [0.29, 0.717) is 17.9 Å². The Morgan fingerprint density at radius 2 is 1.82 bits per heavy atom. The Kier molecular flexibility index (Phi) is 7.07. The van der Waals surface area contributed by atoms with Crippen molar-refractivity contribution in [3.8, 4) is 5.75 Å². The number of carbonyl (C=O) groups excluding carboxylic acids is 1. The van der Waals surface area contributed by atoms with Crippen LogP contribution < -0.4 is 14.4 Å². The average molecular weight is 405 g/mol. The van der Waals surface area contributed by atoms with Gasteiger partial charge in [0.15, 0.2) is 0 Å². The number of carbonyl (C=O) groups is 1. The topological polar surface area (TPSA) is 75.7 Å². The molecule has 0 aliphatic heterocycles. The number of methoxy groups -OCH3 is 1. The number of sulfonamides is 1. The standard InChI is InChI=1S/C21H28N2O4S/c1-6-18(17-12-11-15(2)16(3)13-17)22-21(24)14-23(28(5,25)26)19-9-7-8-10-20(19)27-4/h7-13,18H,6,14H2,1-5H3,(H,22,24). The summed E-state index contributed by atoms with van der Waals surface area (Å²) >= 11 is 0. The molecule has 0 radical (unpaired) electrons. The minimum Gasteiger partial charge on any atom is -0.495 e. The zero-order chi connectivity index (χ0) is 20.9. The predicted molar refractivity (Wildman–Crippen MR) is 112 cm³/mol. The molecule has 0 aromatic heterocycles. The molecule has 1 atom stereocenters. The highest BCUT2D eigenvalue weighted by Crippen LogP contribution is 2.29. The molecule has 0 fully saturated rings. The predicted octanol–water partition coefficient (Wildman–Crippen LogP) is 3.35. The SMILES string of the molecule is CCC(NC(=O)CN(c1ccccc1OC)S(C)(=O)=O)c1ccc(C)c(C)c1. The van der Waals surface area contributed by atoms with Gasteiger partial charge in [0.25, 0.3) is 0 Å². The summed E-state index contributed by atoms with van der Waals surface area (Å²) in [7, 11) is -2.21. The molecular formula is C21H28N2O4S. The maximum atomic E-state index is 12.7. The largest absolute Gasteiger partial charge is 0.495 e. The number of para-hydroxylation sites is 2. The molecule has 0 spiro atoms. The first-order valence-corrected chi connectivity index (χ1v) is 11.0. The number of nitrogens with zero attached hydrogens (tertiary/aromatic N) is 1. The van der Waals surface area contributed by atoms with Gasteiger partial charge in [0.1, 0.15) is 12.3 Å². The van der Waals surface area contributed by atoms with E-state index < -0.39 is 10.0 Å². The molecule has 2 rings (SSSR count). The van der Waals surface area contributed by atoms with Crippen LogP contribution in [0.4, 0.5) is 5.69 Å². The average Bonchev–Trinajstić information content (AvgIpc) is 2.65. The van der Waals surface area contributed by atoms with Gasteiger partial charge in [-0.2, -0.15) is 0 Å². The highest BCUT2D eigenvalue weighted by atomic mass is 32.2. The lowest BCUT2D eigenvalue weighted by Gasteiger charge is -2.25. The molecule has 0 bridgehead atoms. The molecule has 0 saturated carbocycles. The number of aryl methyl sites for hydroxylation is 2. The molecule has 1 amide bonds. The van der Waals surface area contributed by atoms with E-state index in [4.69, 9.17) is 4.74 Å². The first-order valence-electron chi connectivity index (χ1n) is 9.14. The number of benzene rings is 2. The molecule has 2 aromatic carbocycles. The van der Waals surface area contributed by atoms with Crippen LogP contribution in [0, 0.1) is 13.8 Å². The molecule has 1 N–H and O–H groups in total. The smallest absolute Gasteiger partial charge is 0.241 e. The molecule has 152 valence electrons. The minimum atomic E-state index is -3.67. The van der Waals surface area contributed by atoms with Gasteiger partial charge in [0, 0.05) is 0 Å². The van der Waals surface area contributed by atoms with Crippen molar-refractivity contribution in [3.63, 3.8) is 0 Å². The van der Waals surface area contributed by atoms with E-state index in [1.807, 2.05) is 32.9 Å². The lowest BCUT2D eigenvalue weighted by molar-refractivity contribution is -0.120. The Bertz CT molecular complexity index is 941. The zero-order valence-electron chi connectivity index (χ0n) is 17.0. The number of ether oxygens (including phenoxy) is 1. The Morgan fingerprint density at radius 3 is 2.39 bits per heavy atom. The second-order valence-electron chi connectivity index (χ2n) is 6.81. The van der Waals surface area contributed by atoms with Gasteiger partial charge in [-0.3, -0.25) is 9.10 Å². The van der Waals surface area contributed by atoms with Crippen LogP contribution in [0.25, 0.3) is 0 Å². The quantitative estimate of drug-likeness (QED) is 0.732. The van der Waals surface area contributed by atoms with Crippen LogP contribution in [0.3, 0.4) is 0 Å².